The van der Waals surface area contributed by atoms with Crippen LogP contribution in [-0.4, -0.2) is 9.97 Å². The summed E-state index contributed by atoms with van der Waals surface area (Å²) in [5.41, 5.74) is 4.01. The van der Waals surface area contributed by atoms with E-state index in [1.165, 1.54) is 5.56 Å². The van der Waals surface area contributed by atoms with Gasteiger partial charge in [0.15, 0.2) is 5.15 Å². The molecule has 21 heavy (non-hydrogen) atoms. The van der Waals surface area contributed by atoms with E-state index >= 15 is 0 Å². The molecule has 0 fully saturated rings. The molecule has 2 heterocycles. The van der Waals surface area contributed by atoms with E-state index in [2.05, 4.69) is 43.3 Å². The second-order valence-electron chi connectivity index (χ2n) is 4.79. The summed E-state index contributed by atoms with van der Waals surface area (Å²) < 4.78 is 0.894. The van der Waals surface area contributed by atoms with Crippen molar-refractivity contribution in [2.45, 2.75) is 13.5 Å². The van der Waals surface area contributed by atoms with E-state index < -0.39 is 0 Å². The minimum absolute atomic E-state index is 0.466. The highest BCUT2D eigenvalue weighted by Crippen LogP contribution is 2.25. The SMILES string of the molecule is Cc1cc(CNc2cc(Br)cnc2Cl)c2ccccc2n1. The molecule has 0 spiro atoms. The van der Waals surface area contributed by atoms with Crippen LogP contribution in [0.2, 0.25) is 5.15 Å². The van der Waals surface area contributed by atoms with Crippen LogP contribution in [0.1, 0.15) is 11.3 Å². The Morgan fingerprint density at radius 3 is 2.90 bits per heavy atom. The maximum absolute atomic E-state index is 6.11. The largest absolute Gasteiger partial charge is 0.378 e. The summed E-state index contributed by atoms with van der Waals surface area (Å²) in [5, 5.41) is 4.95. The molecule has 3 aromatic rings. The Bertz CT molecular complexity index is 805. The normalized spacial score (nSPS) is 10.8. The van der Waals surface area contributed by atoms with Gasteiger partial charge in [-0.2, -0.15) is 0 Å². The zero-order chi connectivity index (χ0) is 14.8. The predicted molar refractivity (Wildman–Crippen MR) is 90.8 cm³/mol. The maximum Gasteiger partial charge on any atom is 0.152 e. The molecule has 0 saturated carbocycles. The lowest BCUT2D eigenvalue weighted by atomic mass is 10.1. The van der Waals surface area contributed by atoms with Crippen molar-refractivity contribution in [2.24, 2.45) is 0 Å². The summed E-state index contributed by atoms with van der Waals surface area (Å²) in [6.07, 6.45) is 1.68. The fourth-order valence-corrected chi connectivity index (χ4v) is 2.78. The summed E-state index contributed by atoms with van der Waals surface area (Å²) in [6.45, 7) is 2.67. The molecule has 106 valence electrons. The molecule has 5 heteroatoms. The average molecular weight is 363 g/mol. The molecule has 0 aliphatic rings. The van der Waals surface area contributed by atoms with Gasteiger partial charge in [0.1, 0.15) is 0 Å². The number of aryl methyl sites for hydroxylation is 1. The standard InChI is InChI=1S/C16H13BrClN3/c1-10-6-11(13-4-2-3-5-14(13)21-10)8-19-15-7-12(17)9-20-16(15)18/h2-7,9,19H,8H2,1H3. The quantitative estimate of drug-likeness (QED) is 0.669. The molecule has 0 saturated heterocycles. The van der Waals surface area contributed by atoms with Gasteiger partial charge in [0, 0.05) is 28.3 Å². The monoisotopic (exact) mass is 361 g/mol. The number of hydrogen-bond acceptors (Lipinski definition) is 3. The van der Waals surface area contributed by atoms with Crippen molar-refractivity contribution in [2.75, 3.05) is 5.32 Å². The molecule has 0 unspecified atom stereocenters. The van der Waals surface area contributed by atoms with Gasteiger partial charge in [0.2, 0.25) is 0 Å². The summed E-state index contributed by atoms with van der Waals surface area (Å²) in [4.78, 5) is 8.66. The third-order valence-corrected chi connectivity index (χ3v) is 3.94. The lowest BCUT2D eigenvalue weighted by Crippen LogP contribution is -2.02. The molecular formula is C16H13BrClN3. The van der Waals surface area contributed by atoms with Crippen molar-refractivity contribution in [3.8, 4) is 0 Å². The number of fused-ring (bicyclic) bond motifs is 1. The van der Waals surface area contributed by atoms with Crippen molar-refractivity contribution in [3.05, 3.63) is 63.5 Å². The molecule has 2 aromatic heterocycles. The molecule has 0 aliphatic heterocycles. The first-order valence-electron chi connectivity index (χ1n) is 6.53. The van der Waals surface area contributed by atoms with E-state index in [-0.39, 0.29) is 0 Å². The second kappa shape index (κ2) is 6.00. The number of para-hydroxylation sites is 1. The van der Waals surface area contributed by atoms with Gasteiger partial charge in [0.05, 0.1) is 11.2 Å². The van der Waals surface area contributed by atoms with E-state index in [0.29, 0.717) is 11.7 Å². The summed E-state index contributed by atoms with van der Waals surface area (Å²) in [7, 11) is 0. The van der Waals surface area contributed by atoms with Crippen LogP contribution in [0.4, 0.5) is 5.69 Å². The van der Waals surface area contributed by atoms with Crippen LogP contribution >= 0.6 is 27.5 Å². The van der Waals surface area contributed by atoms with Gasteiger partial charge in [-0.05, 0) is 46.6 Å². The van der Waals surface area contributed by atoms with E-state index in [1.54, 1.807) is 6.20 Å². The summed E-state index contributed by atoms with van der Waals surface area (Å²) in [6, 6.07) is 12.1. The van der Waals surface area contributed by atoms with Crippen LogP contribution in [0.15, 0.2) is 47.1 Å². The van der Waals surface area contributed by atoms with Crippen LogP contribution in [-0.2, 0) is 6.54 Å². The molecule has 0 bridgehead atoms. The van der Waals surface area contributed by atoms with E-state index in [1.807, 2.05) is 31.2 Å². The van der Waals surface area contributed by atoms with Crippen LogP contribution in [0, 0.1) is 6.92 Å². The Balaban J connectivity index is 1.93. The molecule has 3 nitrogen and oxygen atoms in total. The number of hydrogen-bond donors (Lipinski definition) is 1. The summed E-state index contributed by atoms with van der Waals surface area (Å²) in [5.74, 6) is 0. The Hall–Kier alpha value is -1.65. The zero-order valence-electron chi connectivity index (χ0n) is 11.4. The number of nitrogens with zero attached hydrogens (tertiary/aromatic N) is 2. The molecule has 0 radical (unpaired) electrons. The van der Waals surface area contributed by atoms with Gasteiger partial charge in [-0.1, -0.05) is 29.8 Å². The number of pyridine rings is 2. The van der Waals surface area contributed by atoms with Crippen molar-refractivity contribution >= 4 is 44.1 Å². The first kappa shape index (κ1) is 14.3. The van der Waals surface area contributed by atoms with Gasteiger partial charge in [-0.25, -0.2) is 4.98 Å². The Morgan fingerprint density at radius 2 is 2.05 bits per heavy atom. The van der Waals surface area contributed by atoms with Gasteiger partial charge >= 0.3 is 0 Å². The van der Waals surface area contributed by atoms with Crippen LogP contribution < -0.4 is 5.32 Å². The number of rotatable bonds is 3. The molecule has 1 N–H and O–H groups in total. The predicted octanol–water partition coefficient (Wildman–Crippen LogP) is 4.97. The Kier molecular flexibility index (Phi) is 4.08. The molecule has 0 amide bonds. The lowest BCUT2D eigenvalue weighted by molar-refractivity contribution is 1.12. The van der Waals surface area contributed by atoms with Gasteiger partial charge in [0.25, 0.3) is 0 Å². The number of nitrogens with one attached hydrogen (secondary N) is 1. The molecule has 0 atom stereocenters. The number of aromatic nitrogens is 2. The van der Waals surface area contributed by atoms with Crippen molar-refractivity contribution < 1.29 is 0 Å². The zero-order valence-corrected chi connectivity index (χ0v) is 13.7. The maximum atomic E-state index is 6.11. The molecule has 3 rings (SSSR count). The van der Waals surface area contributed by atoms with E-state index in [9.17, 15) is 0 Å². The Morgan fingerprint density at radius 1 is 1.24 bits per heavy atom. The highest BCUT2D eigenvalue weighted by Gasteiger charge is 2.06. The topological polar surface area (TPSA) is 37.8 Å². The number of halogens is 2. The van der Waals surface area contributed by atoms with Crippen LogP contribution in [0.25, 0.3) is 10.9 Å². The minimum Gasteiger partial charge on any atom is -0.378 e. The third-order valence-electron chi connectivity index (χ3n) is 3.20. The first-order chi connectivity index (χ1) is 10.1. The number of benzene rings is 1. The second-order valence-corrected chi connectivity index (χ2v) is 6.06. The molecule has 1 aromatic carbocycles. The fourth-order valence-electron chi connectivity index (χ4n) is 2.28. The van der Waals surface area contributed by atoms with Gasteiger partial charge in [-0.15, -0.1) is 0 Å². The average Bonchev–Trinajstić information content (AvgIpc) is 2.47. The fraction of sp³-hybridized carbons (Fsp3) is 0.125. The van der Waals surface area contributed by atoms with Crippen LogP contribution in [0.5, 0.6) is 0 Å². The van der Waals surface area contributed by atoms with Gasteiger partial charge < -0.3 is 5.32 Å². The summed E-state index contributed by atoms with van der Waals surface area (Å²) >= 11 is 9.51. The highest BCUT2D eigenvalue weighted by atomic mass is 79.9. The van der Waals surface area contributed by atoms with Crippen LogP contribution in [0.3, 0.4) is 0 Å². The van der Waals surface area contributed by atoms with Gasteiger partial charge in [-0.3, -0.25) is 4.98 Å². The van der Waals surface area contributed by atoms with Crippen molar-refractivity contribution in [1.82, 2.24) is 9.97 Å². The molecule has 0 aliphatic carbocycles. The van der Waals surface area contributed by atoms with Crippen molar-refractivity contribution in [3.63, 3.8) is 0 Å². The third kappa shape index (κ3) is 3.17. The van der Waals surface area contributed by atoms with Crippen molar-refractivity contribution in [1.29, 1.82) is 0 Å². The molecular weight excluding hydrogens is 350 g/mol. The minimum atomic E-state index is 0.466. The van der Waals surface area contributed by atoms with E-state index in [0.717, 1.165) is 26.8 Å². The highest BCUT2D eigenvalue weighted by molar-refractivity contribution is 9.10. The van der Waals surface area contributed by atoms with E-state index in [4.69, 9.17) is 11.6 Å². The number of anilines is 1. The smallest absolute Gasteiger partial charge is 0.152 e. The lowest BCUT2D eigenvalue weighted by Gasteiger charge is -2.11. The first-order valence-corrected chi connectivity index (χ1v) is 7.71. The Labute approximate surface area is 136 Å².